The van der Waals surface area contributed by atoms with Crippen LogP contribution < -0.4 is 0 Å². The van der Waals surface area contributed by atoms with Crippen molar-refractivity contribution in [1.82, 2.24) is 14.7 Å². The van der Waals surface area contributed by atoms with Crippen LogP contribution in [0.5, 0.6) is 0 Å². The van der Waals surface area contributed by atoms with Crippen molar-refractivity contribution < 1.29 is 9.18 Å². The highest BCUT2D eigenvalue weighted by Crippen LogP contribution is 2.21. The zero-order valence-electron chi connectivity index (χ0n) is 14.1. The van der Waals surface area contributed by atoms with Crippen LogP contribution in [0.3, 0.4) is 0 Å². The Morgan fingerprint density at radius 3 is 2.74 bits per heavy atom. The molecule has 1 aromatic carbocycles. The van der Waals surface area contributed by atoms with Crippen LogP contribution in [0.25, 0.3) is 0 Å². The third-order valence-corrected chi connectivity index (χ3v) is 4.84. The summed E-state index contributed by atoms with van der Waals surface area (Å²) in [5.74, 6) is -0.344. The van der Waals surface area contributed by atoms with Gasteiger partial charge in [0.05, 0.1) is 13.1 Å². The summed E-state index contributed by atoms with van der Waals surface area (Å²) in [6.07, 6.45) is 1.07. The highest BCUT2D eigenvalue weighted by Gasteiger charge is 2.27. The molecule has 0 aromatic heterocycles. The topological polar surface area (TPSA) is 26.8 Å². The number of hydrogen-bond acceptors (Lipinski definition) is 3. The maximum Gasteiger partial charge on any atom is 0.237 e. The maximum absolute atomic E-state index is 13.9. The van der Waals surface area contributed by atoms with Gasteiger partial charge in [-0.3, -0.25) is 9.69 Å². The molecule has 1 aromatic rings. The van der Waals surface area contributed by atoms with Crippen molar-refractivity contribution in [2.45, 2.75) is 25.9 Å². The second-order valence-corrected chi connectivity index (χ2v) is 6.66. The molecule has 1 aliphatic heterocycles. The number of likely N-dealkylation sites (tertiary alicyclic amines) is 1. The first kappa shape index (κ1) is 18.2. The fraction of sp³-hybridized carbons (Fsp3) is 0.588. The Labute approximate surface area is 142 Å². The summed E-state index contributed by atoms with van der Waals surface area (Å²) < 4.78 is 13.9. The molecule has 1 aliphatic rings. The van der Waals surface area contributed by atoms with Gasteiger partial charge in [0.1, 0.15) is 5.82 Å². The normalized spacial score (nSPS) is 18.6. The predicted octanol–water partition coefficient (Wildman–Crippen LogP) is 2.46. The van der Waals surface area contributed by atoms with Gasteiger partial charge in [0.15, 0.2) is 0 Å². The molecule has 0 aliphatic carbocycles. The molecular formula is C17H25ClFN3O. The number of nitrogens with zero attached hydrogens (tertiary/aromatic N) is 3. The summed E-state index contributed by atoms with van der Waals surface area (Å²) in [6, 6.07) is 5.10. The summed E-state index contributed by atoms with van der Waals surface area (Å²) >= 11 is 6.07. The first-order valence-corrected chi connectivity index (χ1v) is 8.39. The average molecular weight is 342 g/mol. The fourth-order valence-corrected chi connectivity index (χ4v) is 3.14. The van der Waals surface area contributed by atoms with E-state index < -0.39 is 0 Å². The van der Waals surface area contributed by atoms with Gasteiger partial charge in [0.2, 0.25) is 5.91 Å². The summed E-state index contributed by atoms with van der Waals surface area (Å²) in [4.78, 5) is 18.6. The van der Waals surface area contributed by atoms with Crippen molar-refractivity contribution in [2.75, 3.05) is 40.3 Å². The Morgan fingerprint density at radius 2 is 2.17 bits per heavy atom. The lowest BCUT2D eigenvalue weighted by Gasteiger charge is -2.25. The van der Waals surface area contributed by atoms with Gasteiger partial charge < -0.3 is 9.80 Å². The molecule has 6 heteroatoms. The summed E-state index contributed by atoms with van der Waals surface area (Å²) in [5, 5.41) is 0.366. The molecule has 1 saturated heterocycles. The Morgan fingerprint density at radius 1 is 1.43 bits per heavy atom. The van der Waals surface area contributed by atoms with Crippen LogP contribution in [0.1, 0.15) is 18.9 Å². The molecule has 23 heavy (non-hydrogen) atoms. The third kappa shape index (κ3) is 4.66. The van der Waals surface area contributed by atoms with E-state index in [0.29, 0.717) is 29.7 Å². The summed E-state index contributed by atoms with van der Waals surface area (Å²) in [6.45, 7) is 4.85. The molecule has 1 atom stereocenters. The van der Waals surface area contributed by atoms with Crippen molar-refractivity contribution in [3.8, 4) is 0 Å². The van der Waals surface area contributed by atoms with E-state index in [9.17, 15) is 9.18 Å². The average Bonchev–Trinajstić information content (AvgIpc) is 2.95. The summed E-state index contributed by atoms with van der Waals surface area (Å²) in [5.41, 5.74) is 0.386. The second-order valence-electron chi connectivity index (χ2n) is 6.25. The standard InChI is InChI=1S/C17H25ClFN3O/c1-4-22(11-14-15(18)6-5-7-16(14)19)17(23)12-21-9-8-13(10-21)20(2)3/h5-7,13H,4,8-12H2,1-3H3/t13-/m0/s1. The van der Waals surface area contributed by atoms with Crippen molar-refractivity contribution in [1.29, 1.82) is 0 Å². The molecule has 4 nitrogen and oxygen atoms in total. The van der Waals surface area contributed by atoms with Crippen LogP contribution >= 0.6 is 11.6 Å². The van der Waals surface area contributed by atoms with Crippen LogP contribution in [0.4, 0.5) is 4.39 Å². The van der Waals surface area contributed by atoms with E-state index in [1.54, 1.807) is 17.0 Å². The van der Waals surface area contributed by atoms with Crippen LogP contribution in [0.2, 0.25) is 5.02 Å². The van der Waals surface area contributed by atoms with Crippen molar-refractivity contribution >= 4 is 17.5 Å². The van der Waals surface area contributed by atoms with Crippen LogP contribution in [-0.2, 0) is 11.3 Å². The molecular weight excluding hydrogens is 317 g/mol. The van der Waals surface area contributed by atoms with E-state index >= 15 is 0 Å². The van der Waals surface area contributed by atoms with Crippen LogP contribution in [0, 0.1) is 5.82 Å². The smallest absolute Gasteiger partial charge is 0.237 e. The lowest BCUT2D eigenvalue weighted by Crippen LogP contribution is -2.40. The zero-order chi connectivity index (χ0) is 17.0. The Balaban J connectivity index is 1.97. The first-order chi connectivity index (χ1) is 10.9. The molecule has 0 saturated carbocycles. The van der Waals surface area contributed by atoms with Gasteiger partial charge in [0, 0.05) is 36.3 Å². The van der Waals surface area contributed by atoms with Gasteiger partial charge in [0.25, 0.3) is 0 Å². The fourth-order valence-electron chi connectivity index (χ4n) is 2.92. The third-order valence-electron chi connectivity index (χ3n) is 4.48. The van der Waals surface area contributed by atoms with Crippen LogP contribution in [-0.4, -0.2) is 66.9 Å². The Kier molecular flexibility index (Phi) is 6.39. The van der Waals surface area contributed by atoms with Crippen molar-refractivity contribution in [3.63, 3.8) is 0 Å². The minimum Gasteiger partial charge on any atom is -0.337 e. The number of benzene rings is 1. The zero-order valence-corrected chi connectivity index (χ0v) is 14.8. The largest absolute Gasteiger partial charge is 0.337 e. The molecule has 1 fully saturated rings. The monoisotopic (exact) mass is 341 g/mol. The molecule has 2 rings (SSSR count). The van der Waals surface area contributed by atoms with E-state index in [2.05, 4.69) is 23.9 Å². The maximum atomic E-state index is 13.9. The number of likely N-dealkylation sites (N-methyl/N-ethyl adjacent to an activating group) is 2. The van der Waals surface area contributed by atoms with Gasteiger partial charge in [-0.1, -0.05) is 17.7 Å². The minimum atomic E-state index is -0.363. The molecule has 0 radical (unpaired) electrons. The highest BCUT2D eigenvalue weighted by atomic mass is 35.5. The van der Waals surface area contributed by atoms with E-state index in [4.69, 9.17) is 11.6 Å². The van der Waals surface area contributed by atoms with Crippen molar-refractivity contribution in [2.24, 2.45) is 0 Å². The van der Waals surface area contributed by atoms with E-state index in [1.165, 1.54) is 6.07 Å². The molecule has 0 unspecified atom stereocenters. The predicted molar refractivity (Wildman–Crippen MR) is 91.0 cm³/mol. The number of rotatable bonds is 6. The minimum absolute atomic E-state index is 0.0197. The molecule has 0 bridgehead atoms. The van der Waals surface area contributed by atoms with Gasteiger partial charge >= 0.3 is 0 Å². The van der Waals surface area contributed by atoms with E-state index in [-0.39, 0.29) is 18.3 Å². The number of carbonyl (C=O) groups excluding carboxylic acids is 1. The second kappa shape index (κ2) is 8.08. The lowest BCUT2D eigenvalue weighted by atomic mass is 10.2. The Hall–Kier alpha value is -1.17. The molecule has 0 spiro atoms. The van der Waals surface area contributed by atoms with Gasteiger partial charge in [-0.2, -0.15) is 0 Å². The molecule has 1 heterocycles. The Bertz CT molecular complexity index is 532. The van der Waals surface area contributed by atoms with Crippen molar-refractivity contribution in [3.05, 3.63) is 34.6 Å². The highest BCUT2D eigenvalue weighted by molar-refractivity contribution is 6.31. The number of amides is 1. The van der Waals surface area contributed by atoms with Gasteiger partial charge in [-0.15, -0.1) is 0 Å². The molecule has 128 valence electrons. The SMILES string of the molecule is CCN(Cc1c(F)cccc1Cl)C(=O)CN1CC[C@H](N(C)C)C1. The van der Waals surface area contributed by atoms with E-state index in [0.717, 1.165) is 19.5 Å². The summed E-state index contributed by atoms with van der Waals surface area (Å²) in [7, 11) is 4.13. The quantitative estimate of drug-likeness (QED) is 0.795. The van der Waals surface area contributed by atoms with Gasteiger partial charge in [-0.25, -0.2) is 4.39 Å². The number of hydrogen-bond donors (Lipinski definition) is 0. The number of carbonyl (C=O) groups is 1. The van der Waals surface area contributed by atoms with Crippen LogP contribution in [0.15, 0.2) is 18.2 Å². The molecule has 0 N–H and O–H groups in total. The first-order valence-electron chi connectivity index (χ1n) is 8.01. The van der Waals surface area contributed by atoms with E-state index in [1.807, 2.05) is 6.92 Å². The molecule has 1 amide bonds. The van der Waals surface area contributed by atoms with Gasteiger partial charge in [-0.05, 0) is 39.6 Å². The number of halogens is 2. The lowest BCUT2D eigenvalue weighted by molar-refractivity contribution is -0.132.